The molecule has 3 nitrogen and oxygen atoms in total. The number of carbonyl (C=O) groups excluding carboxylic acids is 1. The van der Waals surface area contributed by atoms with Crippen LogP contribution in [0.2, 0.25) is 5.02 Å². The fraction of sp³-hybridized carbons (Fsp3) is 0.417. The van der Waals surface area contributed by atoms with E-state index in [1.807, 2.05) is 20.8 Å². The average Bonchev–Trinajstić information content (AvgIpc) is 2.15. The molecule has 1 aromatic rings. The summed E-state index contributed by atoms with van der Waals surface area (Å²) in [4.78, 5) is 11.3. The predicted octanol–water partition coefficient (Wildman–Crippen LogP) is 2.55. The van der Waals surface area contributed by atoms with Gasteiger partial charge in [-0.2, -0.15) is 0 Å². The fourth-order valence-electron chi connectivity index (χ4n) is 1.28. The summed E-state index contributed by atoms with van der Waals surface area (Å²) in [5.41, 5.74) is 0.921. The van der Waals surface area contributed by atoms with Crippen LogP contribution in [0.25, 0.3) is 0 Å². The number of carbonyl (C=O) groups is 1. The van der Waals surface area contributed by atoms with Gasteiger partial charge in [-0.25, -0.2) is 0 Å². The largest absolute Gasteiger partial charge is 0.484 e. The van der Waals surface area contributed by atoms with Gasteiger partial charge in [0.05, 0.1) is 0 Å². The van der Waals surface area contributed by atoms with Crippen molar-refractivity contribution in [3.8, 4) is 5.75 Å². The highest BCUT2D eigenvalue weighted by atomic mass is 35.5. The molecule has 0 radical (unpaired) electrons. The topological polar surface area (TPSA) is 38.3 Å². The molecular weight excluding hydrogens is 226 g/mol. The third-order valence-corrected chi connectivity index (χ3v) is 2.18. The Morgan fingerprint density at radius 2 is 2.19 bits per heavy atom. The third kappa shape index (κ3) is 4.11. The Balaban J connectivity index is 2.51. The maximum Gasteiger partial charge on any atom is 0.258 e. The highest BCUT2D eigenvalue weighted by Gasteiger charge is 2.06. The summed E-state index contributed by atoms with van der Waals surface area (Å²) in [5, 5.41) is 3.42. The number of nitrogens with one attached hydrogen (secondary N) is 1. The second-order valence-corrected chi connectivity index (χ2v) is 4.36. The number of ether oxygens (including phenoxy) is 1. The molecule has 88 valence electrons. The van der Waals surface area contributed by atoms with Crippen molar-refractivity contribution in [2.75, 3.05) is 6.61 Å². The molecule has 4 heteroatoms. The van der Waals surface area contributed by atoms with Gasteiger partial charge in [-0.1, -0.05) is 11.6 Å². The van der Waals surface area contributed by atoms with E-state index in [0.717, 1.165) is 5.56 Å². The smallest absolute Gasteiger partial charge is 0.258 e. The Labute approximate surface area is 101 Å². The van der Waals surface area contributed by atoms with Crippen molar-refractivity contribution < 1.29 is 9.53 Å². The minimum Gasteiger partial charge on any atom is -0.484 e. The Kier molecular flexibility index (Phi) is 4.62. The molecule has 0 aliphatic rings. The van der Waals surface area contributed by atoms with Crippen LogP contribution >= 0.6 is 11.6 Å². The van der Waals surface area contributed by atoms with E-state index in [1.54, 1.807) is 18.2 Å². The molecule has 16 heavy (non-hydrogen) atoms. The van der Waals surface area contributed by atoms with Gasteiger partial charge in [0.15, 0.2) is 6.61 Å². The number of benzene rings is 1. The van der Waals surface area contributed by atoms with Crippen molar-refractivity contribution in [2.45, 2.75) is 26.8 Å². The van der Waals surface area contributed by atoms with Crippen molar-refractivity contribution in [3.63, 3.8) is 0 Å². The van der Waals surface area contributed by atoms with Gasteiger partial charge in [-0.15, -0.1) is 0 Å². The SMILES string of the molecule is Cc1cc(Cl)ccc1OCC(=O)NC(C)C. The van der Waals surface area contributed by atoms with E-state index in [2.05, 4.69) is 5.32 Å². The molecule has 1 amide bonds. The molecule has 0 atom stereocenters. The number of halogens is 1. The van der Waals surface area contributed by atoms with Crippen molar-refractivity contribution in [3.05, 3.63) is 28.8 Å². The van der Waals surface area contributed by atoms with Crippen LogP contribution in [0.5, 0.6) is 5.75 Å². The minimum atomic E-state index is -0.121. The fourth-order valence-corrected chi connectivity index (χ4v) is 1.51. The predicted molar refractivity (Wildman–Crippen MR) is 65.0 cm³/mol. The van der Waals surface area contributed by atoms with E-state index >= 15 is 0 Å². The Hall–Kier alpha value is -1.22. The van der Waals surface area contributed by atoms with E-state index in [1.165, 1.54) is 0 Å². The second kappa shape index (κ2) is 5.75. The lowest BCUT2D eigenvalue weighted by atomic mass is 10.2. The maximum atomic E-state index is 11.3. The van der Waals surface area contributed by atoms with Crippen LogP contribution in [-0.2, 0) is 4.79 Å². The van der Waals surface area contributed by atoms with Gasteiger partial charge >= 0.3 is 0 Å². The van der Waals surface area contributed by atoms with Gasteiger partial charge in [0.2, 0.25) is 0 Å². The van der Waals surface area contributed by atoms with Crippen molar-refractivity contribution in [1.82, 2.24) is 5.32 Å². The molecule has 0 aliphatic heterocycles. The van der Waals surface area contributed by atoms with Crippen molar-refractivity contribution >= 4 is 17.5 Å². The summed E-state index contributed by atoms with van der Waals surface area (Å²) < 4.78 is 5.38. The first-order valence-electron chi connectivity index (χ1n) is 5.17. The lowest BCUT2D eigenvalue weighted by Crippen LogP contribution is -2.34. The maximum absolute atomic E-state index is 11.3. The quantitative estimate of drug-likeness (QED) is 0.880. The summed E-state index contributed by atoms with van der Waals surface area (Å²) in [5.74, 6) is 0.563. The molecule has 1 N–H and O–H groups in total. The van der Waals surface area contributed by atoms with Crippen LogP contribution < -0.4 is 10.1 Å². The number of amides is 1. The van der Waals surface area contributed by atoms with E-state index in [-0.39, 0.29) is 18.6 Å². The first-order valence-corrected chi connectivity index (χ1v) is 5.55. The Morgan fingerprint density at radius 3 is 2.75 bits per heavy atom. The second-order valence-electron chi connectivity index (χ2n) is 3.92. The molecular formula is C12H16ClNO2. The van der Waals surface area contributed by atoms with E-state index in [0.29, 0.717) is 10.8 Å². The molecule has 0 saturated carbocycles. The average molecular weight is 242 g/mol. The van der Waals surface area contributed by atoms with Gasteiger partial charge in [-0.3, -0.25) is 4.79 Å². The van der Waals surface area contributed by atoms with Crippen molar-refractivity contribution in [1.29, 1.82) is 0 Å². The number of hydrogen-bond donors (Lipinski definition) is 1. The normalized spacial score (nSPS) is 10.3. The van der Waals surface area contributed by atoms with E-state index in [4.69, 9.17) is 16.3 Å². The summed E-state index contributed by atoms with van der Waals surface area (Å²) >= 11 is 5.81. The molecule has 1 rings (SSSR count). The highest BCUT2D eigenvalue weighted by Crippen LogP contribution is 2.21. The molecule has 1 aromatic carbocycles. The summed E-state index contributed by atoms with van der Waals surface area (Å²) in [7, 11) is 0. The zero-order valence-corrected chi connectivity index (χ0v) is 10.5. The van der Waals surface area contributed by atoms with Crippen LogP contribution in [0.4, 0.5) is 0 Å². The van der Waals surface area contributed by atoms with E-state index in [9.17, 15) is 4.79 Å². The standard InChI is InChI=1S/C12H16ClNO2/c1-8(2)14-12(15)7-16-11-5-4-10(13)6-9(11)3/h4-6,8H,7H2,1-3H3,(H,14,15). The van der Waals surface area contributed by atoms with Crippen LogP contribution in [0, 0.1) is 6.92 Å². The molecule has 0 spiro atoms. The van der Waals surface area contributed by atoms with Gasteiger partial charge in [-0.05, 0) is 44.5 Å². The molecule has 0 aromatic heterocycles. The first kappa shape index (κ1) is 12.8. The highest BCUT2D eigenvalue weighted by molar-refractivity contribution is 6.30. The van der Waals surface area contributed by atoms with Crippen LogP contribution in [0.3, 0.4) is 0 Å². The zero-order valence-electron chi connectivity index (χ0n) is 9.71. The number of aryl methyl sites for hydroxylation is 1. The van der Waals surface area contributed by atoms with Crippen molar-refractivity contribution in [2.24, 2.45) is 0 Å². The van der Waals surface area contributed by atoms with Gasteiger partial charge in [0, 0.05) is 11.1 Å². The lowest BCUT2D eigenvalue weighted by molar-refractivity contribution is -0.123. The third-order valence-electron chi connectivity index (χ3n) is 1.95. The molecule has 0 unspecified atom stereocenters. The first-order chi connectivity index (χ1) is 7.49. The molecule has 0 heterocycles. The van der Waals surface area contributed by atoms with Crippen LogP contribution in [0.15, 0.2) is 18.2 Å². The summed E-state index contributed by atoms with van der Waals surface area (Å²) in [6.45, 7) is 5.74. The van der Waals surface area contributed by atoms with Gasteiger partial charge < -0.3 is 10.1 Å². The molecule has 0 aliphatic carbocycles. The lowest BCUT2D eigenvalue weighted by Gasteiger charge is -2.11. The Morgan fingerprint density at radius 1 is 1.50 bits per heavy atom. The minimum absolute atomic E-state index is 0.0284. The number of rotatable bonds is 4. The number of hydrogen-bond acceptors (Lipinski definition) is 2. The van der Waals surface area contributed by atoms with Gasteiger partial charge in [0.25, 0.3) is 5.91 Å². The monoisotopic (exact) mass is 241 g/mol. The Bertz CT molecular complexity index is 377. The van der Waals surface area contributed by atoms with Gasteiger partial charge in [0.1, 0.15) is 5.75 Å². The molecule has 0 fully saturated rings. The van der Waals surface area contributed by atoms with E-state index < -0.39 is 0 Å². The van der Waals surface area contributed by atoms with Crippen LogP contribution in [-0.4, -0.2) is 18.6 Å². The molecule has 0 saturated heterocycles. The summed E-state index contributed by atoms with van der Waals surface area (Å²) in [6.07, 6.45) is 0. The summed E-state index contributed by atoms with van der Waals surface area (Å²) in [6, 6.07) is 5.43. The zero-order chi connectivity index (χ0) is 12.1. The molecule has 0 bridgehead atoms. The van der Waals surface area contributed by atoms with Crippen LogP contribution in [0.1, 0.15) is 19.4 Å².